The van der Waals surface area contributed by atoms with Crippen molar-refractivity contribution in [3.63, 3.8) is 0 Å². The van der Waals surface area contributed by atoms with Crippen LogP contribution in [0.15, 0.2) is 12.1 Å². The lowest BCUT2D eigenvalue weighted by Crippen LogP contribution is -2.41. The van der Waals surface area contributed by atoms with Crippen molar-refractivity contribution < 1.29 is 9.53 Å². The van der Waals surface area contributed by atoms with Crippen LogP contribution in [-0.2, 0) is 4.79 Å². The highest BCUT2D eigenvalue weighted by Gasteiger charge is 2.20. The predicted octanol–water partition coefficient (Wildman–Crippen LogP) is 3.85. The number of ether oxygens (including phenoxy) is 1. The highest BCUT2D eigenvalue weighted by Crippen LogP contribution is 2.31. The van der Waals surface area contributed by atoms with Gasteiger partial charge in [0.25, 0.3) is 5.91 Å². The Kier molecular flexibility index (Phi) is 7.56. The fraction of sp³-hybridized carbons (Fsp3) is 0.632. The van der Waals surface area contributed by atoms with Gasteiger partial charge >= 0.3 is 0 Å². The molecule has 0 radical (unpaired) electrons. The molecule has 24 heavy (non-hydrogen) atoms. The zero-order chi connectivity index (χ0) is 18.5. The molecule has 0 heterocycles. The average molecular weight is 355 g/mol. The van der Waals surface area contributed by atoms with Gasteiger partial charge in [-0.2, -0.15) is 0 Å². The number of rotatable bonds is 8. The van der Waals surface area contributed by atoms with Gasteiger partial charge in [-0.1, -0.05) is 39.3 Å². The number of nitrogens with one attached hydrogen (secondary N) is 1. The zero-order valence-electron chi connectivity index (χ0n) is 16.0. The van der Waals surface area contributed by atoms with Gasteiger partial charge in [0.2, 0.25) is 0 Å². The molecule has 0 aliphatic heterocycles. The maximum atomic E-state index is 12.1. The normalized spacial score (nSPS) is 11.9. The van der Waals surface area contributed by atoms with Crippen LogP contribution in [-0.4, -0.2) is 44.6 Å². The van der Waals surface area contributed by atoms with Crippen LogP contribution in [0.4, 0.5) is 0 Å². The molecule has 1 amide bonds. The molecule has 0 aliphatic carbocycles. The van der Waals surface area contributed by atoms with Gasteiger partial charge in [-0.3, -0.25) is 4.79 Å². The molecule has 136 valence electrons. The number of hydrogen-bond donors (Lipinski definition) is 1. The van der Waals surface area contributed by atoms with E-state index in [9.17, 15) is 4.79 Å². The molecule has 0 aromatic heterocycles. The van der Waals surface area contributed by atoms with E-state index in [1.165, 1.54) is 0 Å². The lowest BCUT2D eigenvalue weighted by Gasteiger charge is -2.28. The van der Waals surface area contributed by atoms with Gasteiger partial charge in [-0.25, -0.2) is 0 Å². The van der Waals surface area contributed by atoms with Gasteiger partial charge in [0.05, 0.1) is 0 Å². The molecule has 0 saturated heterocycles. The van der Waals surface area contributed by atoms with Gasteiger partial charge < -0.3 is 15.0 Å². The summed E-state index contributed by atoms with van der Waals surface area (Å²) in [5.74, 6) is 0.902. The number of amides is 1. The highest BCUT2D eigenvalue weighted by atomic mass is 35.5. The second-order valence-electron chi connectivity index (χ2n) is 7.76. The number of halogens is 1. The van der Waals surface area contributed by atoms with E-state index in [0.717, 1.165) is 28.4 Å². The SMILES string of the molecule is Cc1cc(OCC(=O)NCC(C)(C)CN(C)C)c(C(C)C)cc1Cl. The van der Waals surface area contributed by atoms with Crippen LogP contribution in [0.5, 0.6) is 5.75 Å². The molecule has 0 spiro atoms. The van der Waals surface area contributed by atoms with Crippen molar-refractivity contribution in [2.45, 2.75) is 40.5 Å². The Bertz CT molecular complexity index is 569. The van der Waals surface area contributed by atoms with Crippen LogP contribution >= 0.6 is 11.6 Å². The smallest absolute Gasteiger partial charge is 0.257 e. The summed E-state index contributed by atoms with van der Waals surface area (Å²) >= 11 is 6.20. The minimum absolute atomic E-state index is 0.0127. The third-order valence-electron chi connectivity index (χ3n) is 3.78. The van der Waals surface area contributed by atoms with Gasteiger partial charge in [-0.05, 0) is 55.6 Å². The first-order valence-electron chi connectivity index (χ1n) is 8.36. The Hall–Kier alpha value is -1.26. The van der Waals surface area contributed by atoms with Crippen LogP contribution < -0.4 is 10.1 Å². The first-order valence-corrected chi connectivity index (χ1v) is 8.74. The molecule has 1 N–H and O–H groups in total. The van der Waals surface area contributed by atoms with Crippen molar-refractivity contribution in [3.05, 3.63) is 28.3 Å². The monoisotopic (exact) mass is 354 g/mol. The van der Waals surface area contributed by atoms with Gasteiger partial charge in [0.1, 0.15) is 5.75 Å². The largest absolute Gasteiger partial charge is 0.483 e. The van der Waals surface area contributed by atoms with E-state index >= 15 is 0 Å². The summed E-state index contributed by atoms with van der Waals surface area (Å²) in [4.78, 5) is 14.2. The van der Waals surface area contributed by atoms with Gasteiger partial charge in [-0.15, -0.1) is 0 Å². The first-order chi connectivity index (χ1) is 11.0. The summed E-state index contributed by atoms with van der Waals surface area (Å²) < 4.78 is 5.76. The van der Waals surface area contributed by atoms with Crippen LogP contribution in [0, 0.1) is 12.3 Å². The van der Waals surface area contributed by atoms with E-state index in [0.29, 0.717) is 6.54 Å². The molecule has 1 aromatic rings. The summed E-state index contributed by atoms with van der Waals surface area (Å²) in [7, 11) is 4.06. The van der Waals surface area contributed by atoms with Crippen molar-refractivity contribution in [1.29, 1.82) is 0 Å². The molecular weight excluding hydrogens is 324 g/mol. The van der Waals surface area contributed by atoms with E-state index in [-0.39, 0.29) is 23.8 Å². The number of carbonyl (C=O) groups excluding carboxylic acids is 1. The summed E-state index contributed by atoms with van der Waals surface area (Å²) in [5, 5.41) is 3.68. The minimum atomic E-state index is -0.107. The van der Waals surface area contributed by atoms with Crippen LogP contribution in [0.1, 0.15) is 44.7 Å². The molecule has 4 nitrogen and oxygen atoms in total. The van der Waals surface area contributed by atoms with Crippen molar-refractivity contribution in [3.8, 4) is 5.75 Å². The van der Waals surface area contributed by atoms with Crippen molar-refractivity contribution in [2.75, 3.05) is 33.8 Å². The third kappa shape index (κ3) is 6.70. The highest BCUT2D eigenvalue weighted by molar-refractivity contribution is 6.31. The number of aryl methyl sites for hydroxylation is 1. The molecule has 1 aromatic carbocycles. The Morgan fingerprint density at radius 1 is 1.33 bits per heavy atom. The molecule has 1 rings (SSSR count). The maximum absolute atomic E-state index is 12.1. The molecule has 0 fully saturated rings. The fourth-order valence-corrected chi connectivity index (χ4v) is 2.86. The molecule has 0 unspecified atom stereocenters. The van der Waals surface area contributed by atoms with E-state index < -0.39 is 0 Å². The Balaban J connectivity index is 2.63. The summed E-state index contributed by atoms with van der Waals surface area (Å²) in [6, 6.07) is 3.83. The van der Waals surface area contributed by atoms with Crippen molar-refractivity contribution in [2.24, 2.45) is 5.41 Å². The lowest BCUT2D eigenvalue weighted by atomic mass is 9.93. The first kappa shape index (κ1) is 20.8. The molecule has 0 aliphatic rings. The van der Waals surface area contributed by atoms with E-state index in [1.54, 1.807) is 0 Å². The topological polar surface area (TPSA) is 41.6 Å². The Morgan fingerprint density at radius 2 is 1.96 bits per heavy atom. The maximum Gasteiger partial charge on any atom is 0.257 e. The van der Waals surface area contributed by atoms with Gasteiger partial charge in [0.15, 0.2) is 6.61 Å². The van der Waals surface area contributed by atoms with Gasteiger partial charge in [0, 0.05) is 18.1 Å². The van der Waals surface area contributed by atoms with E-state index in [1.807, 2.05) is 33.2 Å². The quantitative estimate of drug-likeness (QED) is 0.770. The fourth-order valence-electron chi connectivity index (χ4n) is 2.69. The second kappa shape index (κ2) is 8.72. The Labute approximate surface area is 151 Å². The number of benzene rings is 1. The van der Waals surface area contributed by atoms with Crippen LogP contribution in [0.2, 0.25) is 5.02 Å². The molecule has 0 saturated carbocycles. The standard InChI is InChI=1S/C19H31ClN2O2/c1-13(2)15-9-16(20)14(3)8-17(15)24-10-18(23)21-11-19(4,5)12-22(6)7/h8-9,13H,10-12H2,1-7H3,(H,21,23). The van der Waals surface area contributed by atoms with Crippen LogP contribution in [0.3, 0.4) is 0 Å². The molecular formula is C19H31ClN2O2. The number of nitrogens with zero attached hydrogens (tertiary/aromatic N) is 1. The lowest BCUT2D eigenvalue weighted by molar-refractivity contribution is -0.123. The second-order valence-corrected chi connectivity index (χ2v) is 8.17. The molecule has 0 atom stereocenters. The average Bonchev–Trinajstić information content (AvgIpc) is 2.44. The van der Waals surface area contributed by atoms with E-state index in [2.05, 4.69) is 37.9 Å². The van der Waals surface area contributed by atoms with E-state index in [4.69, 9.17) is 16.3 Å². The van der Waals surface area contributed by atoms with Crippen molar-refractivity contribution in [1.82, 2.24) is 10.2 Å². The summed E-state index contributed by atoms with van der Waals surface area (Å²) in [6.07, 6.45) is 0. The summed E-state index contributed by atoms with van der Waals surface area (Å²) in [5.41, 5.74) is 1.98. The number of hydrogen-bond acceptors (Lipinski definition) is 3. The molecule has 5 heteroatoms. The minimum Gasteiger partial charge on any atom is -0.483 e. The third-order valence-corrected chi connectivity index (χ3v) is 4.19. The zero-order valence-corrected chi connectivity index (χ0v) is 16.8. The predicted molar refractivity (Wildman–Crippen MR) is 101 cm³/mol. The summed E-state index contributed by atoms with van der Waals surface area (Å²) in [6.45, 7) is 11.9. The molecule has 0 bridgehead atoms. The van der Waals surface area contributed by atoms with Crippen molar-refractivity contribution >= 4 is 17.5 Å². The number of carbonyl (C=O) groups is 1. The van der Waals surface area contributed by atoms with Crippen LogP contribution in [0.25, 0.3) is 0 Å². The Morgan fingerprint density at radius 3 is 2.50 bits per heavy atom.